The van der Waals surface area contributed by atoms with E-state index in [1.807, 2.05) is 49.4 Å². The Morgan fingerprint density at radius 3 is 1.80 bits per heavy atom. The summed E-state index contributed by atoms with van der Waals surface area (Å²) in [6, 6.07) is 39.2. The van der Waals surface area contributed by atoms with E-state index in [-0.39, 0.29) is 5.78 Å². The van der Waals surface area contributed by atoms with Gasteiger partial charge in [0.2, 0.25) is 0 Å². The van der Waals surface area contributed by atoms with E-state index in [4.69, 9.17) is 0 Å². The lowest BCUT2D eigenvalue weighted by atomic mass is 10.0. The quantitative estimate of drug-likeness (QED) is 0.187. The van der Waals surface area contributed by atoms with E-state index in [2.05, 4.69) is 90.4 Å². The molecule has 4 aromatic carbocycles. The molecule has 0 radical (unpaired) electrons. The molecule has 5 aromatic rings. The molecule has 0 spiro atoms. The number of hydrogen-bond donors (Lipinski definition) is 0. The van der Waals surface area contributed by atoms with Gasteiger partial charge in [0.25, 0.3) is 0 Å². The molecule has 0 N–H and O–H groups in total. The number of benzene rings is 4. The van der Waals surface area contributed by atoms with Crippen LogP contribution in [0.3, 0.4) is 0 Å². The fraction of sp³-hybridized carbons (Fsp3) is 0.0606. The minimum atomic E-state index is -0.00615. The molecule has 1 heterocycles. The number of nitrogens with zero attached hydrogens (tertiary/aromatic N) is 1. The summed E-state index contributed by atoms with van der Waals surface area (Å²) in [6.45, 7) is 4.12. The van der Waals surface area contributed by atoms with Gasteiger partial charge >= 0.3 is 0 Å². The van der Waals surface area contributed by atoms with Crippen LogP contribution in [-0.4, -0.2) is 10.4 Å². The molecular formula is C33H27NO. The summed E-state index contributed by atoms with van der Waals surface area (Å²) < 4.78 is 2.29. The topological polar surface area (TPSA) is 22.0 Å². The van der Waals surface area contributed by atoms with Crippen molar-refractivity contribution in [1.82, 2.24) is 4.57 Å². The predicted octanol–water partition coefficient (Wildman–Crippen LogP) is 8.32. The van der Waals surface area contributed by atoms with Crippen LogP contribution in [0.4, 0.5) is 0 Å². The number of rotatable bonds is 6. The summed E-state index contributed by atoms with van der Waals surface area (Å²) in [4.78, 5) is 13.0. The molecule has 0 saturated heterocycles. The van der Waals surface area contributed by atoms with Crippen molar-refractivity contribution in [3.8, 4) is 28.2 Å². The van der Waals surface area contributed by atoms with Crippen LogP contribution in [-0.2, 0) is 0 Å². The van der Waals surface area contributed by atoms with Gasteiger partial charge in [-0.05, 0) is 55.3 Å². The fourth-order valence-electron chi connectivity index (χ4n) is 4.31. The number of ketones is 1. The fourth-order valence-corrected chi connectivity index (χ4v) is 4.31. The molecule has 0 atom stereocenters. The summed E-state index contributed by atoms with van der Waals surface area (Å²) in [6.07, 6.45) is 3.63. The van der Waals surface area contributed by atoms with E-state index in [9.17, 15) is 4.79 Å². The third kappa shape index (κ3) is 4.78. The highest BCUT2D eigenvalue weighted by Crippen LogP contribution is 2.36. The highest BCUT2D eigenvalue weighted by atomic mass is 16.1. The molecule has 170 valence electrons. The van der Waals surface area contributed by atoms with Gasteiger partial charge in [-0.1, -0.05) is 108 Å². The van der Waals surface area contributed by atoms with Crippen LogP contribution < -0.4 is 0 Å². The highest BCUT2D eigenvalue weighted by Gasteiger charge is 2.18. The van der Waals surface area contributed by atoms with Gasteiger partial charge in [0.15, 0.2) is 5.78 Å². The Hall–Kier alpha value is -4.43. The molecule has 1 aromatic heterocycles. The number of carbonyl (C=O) groups excluding carboxylic acids is 1. The van der Waals surface area contributed by atoms with Gasteiger partial charge in [-0.25, -0.2) is 0 Å². The molecule has 0 fully saturated rings. The molecule has 5 rings (SSSR count). The molecule has 0 unspecified atom stereocenters. The van der Waals surface area contributed by atoms with Crippen molar-refractivity contribution < 1.29 is 4.79 Å². The molecular weight excluding hydrogens is 426 g/mol. The van der Waals surface area contributed by atoms with Gasteiger partial charge in [0.05, 0.1) is 11.4 Å². The first-order valence-corrected chi connectivity index (χ1v) is 11.8. The normalized spacial score (nSPS) is 11.1. The van der Waals surface area contributed by atoms with Crippen molar-refractivity contribution in [1.29, 1.82) is 0 Å². The first-order valence-electron chi connectivity index (χ1n) is 11.8. The maximum Gasteiger partial charge on any atom is 0.185 e. The third-order valence-electron chi connectivity index (χ3n) is 6.19. The zero-order chi connectivity index (χ0) is 24.2. The highest BCUT2D eigenvalue weighted by molar-refractivity contribution is 6.07. The Kier molecular flexibility index (Phi) is 6.28. The second-order valence-corrected chi connectivity index (χ2v) is 8.80. The first-order chi connectivity index (χ1) is 17.1. The molecule has 0 amide bonds. The molecule has 0 aliphatic heterocycles. The van der Waals surface area contributed by atoms with Crippen molar-refractivity contribution in [3.63, 3.8) is 0 Å². The van der Waals surface area contributed by atoms with Gasteiger partial charge in [-0.2, -0.15) is 0 Å². The van der Waals surface area contributed by atoms with Crippen molar-refractivity contribution >= 4 is 11.9 Å². The van der Waals surface area contributed by atoms with Gasteiger partial charge in [-0.3, -0.25) is 4.79 Å². The zero-order valence-electron chi connectivity index (χ0n) is 20.0. The maximum absolute atomic E-state index is 13.0. The SMILES string of the molecule is Cc1ccc(C(=O)/C=C/c2cc(-c3ccccc3)n(-c3ccc(C)cc3)c2-c2ccccc2)cc1. The summed E-state index contributed by atoms with van der Waals surface area (Å²) in [5.74, 6) is -0.00615. The smallest absolute Gasteiger partial charge is 0.185 e. The average Bonchev–Trinajstić information content (AvgIpc) is 3.28. The van der Waals surface area contributed by atoms with Crippen LogP contribution in [0, 0.1) is 13.8 Å². The lowest BCUT2D eigenvalue weighted by Crippen LogP contribution is -2.00. The lowest BCUT2D eigenvalue weighted by Gasteiger charge is -2.15. The average molecular weight is 454 g/mol. The number of hydrogen-bond acceptors (Lipinski definition) is 1. The zero-order valence-corrected chi connectivity index (χ0v) is 20.0. The van der Waals surface area contributed by atoms with Gasteiger partial charge < -0.3 is 4.57 Å². The maximum atomic E-state index is 13.0. The Morgan fingerprint density at radius 2 is 1.20 bits per heavy atom. The summed E-state index contributed by atoms with van der Waals surface area (Å²) in [7, 11) is 0. The van der Waals surface area contributed by atoms with Crippen LogP contribution in [0.5, 0.6) is 0 Å². The monoisotopic (exact) mass is 453 g/mol. The number of aryl methyl sites for hydroxylation is 2. The van der Waals surface area contributed by atoms with E-state index in [1.54, 1.807) is 6.08 Å². The summed E-state index contributed by atoms with van der Waals surface area (Å²) in [5, 5.41) is 0. The molecule has 0 bridgehead atoms. The van der Waals surface area contributed by atoms with E-state index in [0.717, 1.165) is 39.3 Å². The third-order valence-corrected chi connectivity index (χ3v) is 6.19. The van der Waals surface area contributed by atoms with Crippen molar-refractivity contribution in [2.24, 2.45) is 0 Å². The molecule has 2 heteroatoms. The summed E-state index contributed by atoms with van der Waals surface area (Å²) >= 11 is 0. The lowest BCUT2D eigenvalue weighted by molar-refractivity contribution is 0.104. The Labute approximate surface area is 206 Å². The standard InChI is InChI=1S/C33H27NO/c1-24-13-17-27(18-14-24)32(35)22-19-29-23-31(26-9-5-3-6-10-26)34(30-20-15-25(2)16-21-30)33(29)28-11-7-4-8-12-28/h3-23H,1-2H3/b22-19+. The summed E-state index contributed by atoms with van der Waals surface area (Å²) in [5.41, 5.74) is 9.47. The van der Waals surface area contributed by atoms with Gasteiger partial charge in [0.1, 0.15) is 0 Å². The van der Waals surface area contributed by atoms with Crippen molar-refractivity contribution in [2.75, 3.05) is 0 Å². The second-order valence-electron chi connectivity index (χ2n) is 8.80. The van der Waals surface area contributed by atoms with Crippen LogP contribution in [0.2, 0.25) is 0 Å². The van der Waals surface area contributed by atoms with Crippen LogP contribution in [0.1, 0.15) is 27.0 Å². The Bertz CT molecular complexity index is 1470. The Balaban J connectivity index is 1.71. The van der Waals surface area contributed by atoms with Crippen molar-refractivity contribution in [3.05, 3.63) is 144 Å². The number of allylic oxidation sites excluding steroid dienone is 1. The predicted molar refractivity (Wildman–Crippen MR) is 146 cm³/mol. The first kappa shape index (κ1) is 22.4. The molecule has 2 nitrogen and oxygen atoms in total. The molecule has 35 heavy (non-hydrogen) atoms. The number of aromatic nitrogens is 1. The largest absolute Gasteiger partial charge is 0.309 e. The van der Waals surface area contributed by atoms with E-state index in [0.29, 0.717) is 5.56 Å². The van der Waals surface area contributed by atoms with E-state index < -0.39 is 0 Å². The van der Waals surface area contributed by atoms with Gasteiger partial charge in [-0.15, -0.1) is 0 Å². The van der Waals surface area contributed by atoms with Crippen LogP contribution >= 0.6 is 0 Å². The van der Waals surface area contributed by atoms with Gasteiger partial charge in [0, 0.05) is 16.8 Å². The molecule has 0 saturated carbocycles. The number of carbonyl (C=O) groups is 1. The van der Waals surface area contributed by atoms with E-state index in [1.165, 1.54) is 5.56 Å². The minimum Gasteiger partial charge on any atom is -0.309 e. The minimum absolute atomic E-state index is 0.00615. The van der Waals surface area contributed by atoms with Crippen LogP contribution in [0.15, 0.2) is 121 Å². The Morgan fingerprint density at radius 1 is 0.657 bits per heavy atom. The molecule has 0 aliphatic rings. The van der Waals surface area contributed by atoms with E-state index >= 15 is 0 Å². The van der Waals surface area contributed by atoms with Crippen molar-refractivity contribution in [2.45, 2.75) is 13.8 Å². The second kappa shape index (κ2) is 9.82. The molecule has 0 aliphatic carbocycles. The van der Waals surface area contributed by atoms with Crippen LogP contribution in [0.25, 0.3) is 34.3 Å².